The summed E-state index contributed by atoms with van der Waals surface area (Å²) in [6.07, 6.45) is 4.44. The number of rotatable bonds is 5. The number of allylic oxidation sites excluding steroid dienone is 3. The van der Waals surface area contributed by atoms with Crippen LogP contribution in [0.1, 0.15) is 59.8 Å². The Balaban J connectivity index is 2.23. The number of nitrogens with one attached hydrogen (secondary N) is 1. The Labute approximate surface area is 189 Å². The Morgan fingerprint density at radius 1 is 1.28 bits per heavy atom. The molecule has 32 heavy (non-hydrogen) atoms. The maximum absolute atomic E-state index is 12.9. The monoisotopic (exact) mass is 442 g/mol. The van der Waals surface area contributed by atoms with Crippen molar-refractivity contribution in [1.82, 2.24) is 10.4 Å². The lowest BCUT2D eigenvalue weighted by Gasteiger charge is -2.30. The van der Waals surface area contributed by atoms with Gasteiger partial charge in [-0.25, -0.2) is 20.0 Å². The molecule has 0 saturated heterocycles. The number of amides is 2. The van der Waals surface area contributed by atoms with E-state index in [1.807, 2.05) is 6.92 Å². The second-order valence-corrected chi connectivity index (χ2v) is 8.52. The van der Waals surface area contributed by atoms with Crippen molar-refractivity contribution in [2.45, 2.75) is 77.1 Å². The highest BCUT2D eigenvalue weighted by molar-refractivity contribution is 6.06. The number of nitrogens with zero attached hydrogens (tertiary/aromatic N) is 1. The van der Waals surface area contributed by atoms with Crippen molar-refractivity contribution < 1.29 is 29.0 Å². The van der Waals surface area contributed by atoms with Crippen molar-refractivity contribution >= 4 is 18.0 Å². The number of fused-ring (bicyclic) bond motifs is 2. The van der Waals surface area contributed by atoms with Gasteiger partial charge in [0.15, 0.2) is 11.7 Å². The molecular weight excluding hydrogens is 412 g/mol. The fraction of sp³-hybridized carbons (Fsp3) is 0.542. The molecule has 2 unspecified atom stereocenters. The van der Waals surface area contributed by atoms with Gasteiger partial charge in [0, 0.05) is 12.1 Å². The van der Waals surface area contributed by atoms with Crippen LogP contribution in [0.15, 0.2) is 23.8 Å². The van der Waals surface area contributed by atoms with Gasteiger partial charge in [-0.1, -0.05) is 43.6 Å². The lowest BCUT2D eigenvalue weighted by molar-refractivity contribution is -0.130. The summed E-state index contributed by atoms with van der Waals surface area (Å²) in [6.45, 7) is 7.33. The average molecular weight is 443 g/mol. The van der Waals surface area contributed by atoms with E-state index in [4.69, 9.17) is 9.47 Å². The number of carbonyl (C=O) groups excluding carboxylic acids is 3. The minimum absolute atomic E-state index is 0.0648. The zero-order valence-electron chi connectivity index (χ0n) is 19.0. The summed E-state index contributed by atoms with van der Waals surface area (Å²) in [7, 11) is 0. The quantitative estimate of drug-likeness (QED) is 0.385. The molecule has 0 heterocycles. The van der Waals surface area contributed by atoms with Crippen molar-refractivity contribution in [2.75, 3.05) is 6.54 Å². The van der Waals surface area contributed by atoms with Gasteiger partial charge in [-0.05, 0) is 58.1 Å². The van der Waals surface area contributed by atoms with Crippen molar-refractivity contribution in [3.8, 4) is 23.7 Å². The van der Waals surface area contributed by atoms with E-state index in [2.05, 4.69) is 29.1 Å². The first-order chi connectivity index (χ1) is 15.1. The van der Waals surface area contributed by atoms with E-state index in [-0.39, 0.29) is 18.5 Å². The highest BCUT2D eigenvalue weighted by Gasteiger charge is 2.42. The van der Waals surface area contributed by atoms with Gasteiger partial charge in [0.2, 0.25) is 5.78 Å². The summed E-state index contributed by atoms with van der Waals surface area (Å²) < 4.78 is 10.7. The largest absolute Gasteiger partial charge is 0.443 e. The van der Waals surface area contributed by atoms with Crippen LogP contribution >= 0.6 is 0 Å². The minimum atomic E-state index is -1.85. The van der Waals surface area contributed by atoms with E-state index in [1.54, 1.807) is 26.8 Å². The SMILES string of the molecule is CCCCCN(NC(=O)OC(C)(C)C)C(=O)OC1C#C/C=C\C#CC2(O)CCC=C1C2=O. The first kappa shape index (κ1) is 25.0. The van der Waals surface area contributed by atoms with Gasteiger partial charge in [-0.15, -0.1) is 0 Å². The third-order valence-electron chi connectivity index (χ3n) is 4.58. The van der Waals surface area contributed by atoms with Crippen molar-refractivity contribution in [2.24, 2.45) is 0 Å². The zero-order valence-corrected chi connectivity index (χ0v) is 19.0. The fourth-order valence-electron chi connectivity index (χ4n) is 3.05. The van der Waals surface area contributed by atoms with Gasteiger partial charge >= 0.3 is 12.2 Å². The van der Waals surface area contributed by atoms with Crippen LogP contribution in [0.3, 0.4) is 0 Å². The van der Waals surface area contributed by atoms with Crippen LogP contribution in [0.5, 0.6) is 0 Å². The number of aliphatic hydroxyl groups is 1. The van der Waals surface area contributed by atoms with E-state index in [9.17, 15) is 19.5 Å². The topological polar surface area (TPSA) is 105 Å². The second-order valence-electron chi connectivity index (χ2n) is 8.52. The van der Waals surface area contributed by atoms with Gasteiger partial charge in [0.05, 0.1) is 0 Å². The van der Waals surface area contributed by atoms with Crippen LogP contribution in [-0.2, 0) is 14.3 Å². The molecule has 8 heteroatoms. The fourth-order valence-corrected chi connectivity index (χ4v) is 3.05. The second kappa shape index (κ2) is 10.9. The molecule has 2 N–H and O–H groups in total. The van der Waals surface area contributed by atoms with Crippen LogP contribution in [0, 0.1) is 23.7 Å². The van der Waals surface area contributed by atoms with Crippen LogP contribution in [0.4, 0.5) is 9.59 Å². The Bertz CT molecular complexity index is 922. The summed E-state index contributed by atoms with van der Waals surface area (Å²) in [6, 6.07) is 0. The first-order valence-corrected chi connectivity index (χ1v) is 10.7. The number of ketones is 1. The summed E-state index contributed by atoms with van der Waals surface area (Å²) in [5, 5.41) is 11.7. The van der Waals surface area contributed by atoms with Crippen LogP contribution in [0.2, 0.25) is 0 Å². The maximum atomic E-state index is 12.9. The predicted molar refractivity (Wildman–Crippen MR) is 118 cm³/mol. The standard InChI is InChI=1S/C24H30N2O6/c1-5-6-11-17-26(25-21(28)32-23(2,3)4)22(29)31-19-14-9-7-8-10-15-24(30)16-12-13-18(19)20(24)27/h7-8,13,19,30H,5-6,11-12,16-17H2,1-4H3,(H,25,28)/b8-7-. The Hall–Kier alpha value is -3.23. The van der Waals surface area contributed by atoms with Crippen LogP contribution in [0.25, 0.3) is 0 Å². The number of hydrazine groups is 1. The van der Waals surface area contributed by atoms with Crippen molar-refractivity contribution in [3.63, 3.8) is 0 Å². The minimum Gasteiger partial charge on any atom is -0.443 e. The van der Waals surface area contributed by atoms with E-state index >= 15 is 0 Å². The number of Topliss-reactive ketones (excluding diaryl/α,β-unsaturated/α-hetero) is 1. The van der Waals surface area contributed by atoms with Crippen LogP contribution < -0.4 is 5.43 Å². The molecular formula is C24H30N2O6. The molecule has 0 radical (unpaired) electrons. The third-order valence-corrected chi connectivity index (χ3v) is 4.58. The highest BCUT2D eigenvalue weighted by atomic mass is 16.6. The maximum Gasteiger partial charge on any atom is 0.430 e. The van der Waals surface area contributed by atoms with Gasteiger partial charge < -0.3 is 14.6 Å². The number of hydrogen-bond donors (Lipinski definition) is 2. The lowest BCUT2D eigenvalue weighted by Crippen LogP contribution is -2.50. The molecule has 2 rings (SSSR count). The summed E-state index contributed by atoms with van der Waals surface area (Å²) in [5.74, 6) is 9.95. The molecule has 2 aliphatic rings. The molecule has 0 aliphatic heterocycles. The van der Waals surface area contributed by atoms with Gasteiger partial charge in [-0.3, -0.25) is 4.79 Å². The highest BCUT2D eigenvalue weighted by Crippen LogP contribution is 2.28. The number of unbranched alkanes of at least 4 members (excludes halogenated alkanes) is 2. The average Bonchev–Trinajstić information content (AvgIpc) is 2.69. The van der Waals surface area contributed by atoms with Crippen molar-refractivity contribution in [1.29, 1.82) is 0 Å². The molecule has 0 aromatic heterocycles. The van der Waals surface area contributed by atoms with Gasteiger partial charge in [0.25, 0.3) is 0 Å². The normalized spacial score (nSPS) is 22.7. The zero-order chi connectivity index (χ0) is 23.8. The van der Waals surface area contributed by atoms with Crippen molar-refractivity contribution in [3.05, 3.63) is 23.8 Å². The molecule has 0 aromatic rings. The Morgan fingerprint density at radius 3 is 2.69 bits per heavy atom. The summed E-state index contributed by atoms with van der Waals surface area (Å²) in [5.41, 5.74) is -0.131. The third kappa shape index (κ3) is 7.18. The van der Waals surface area contributed by atoms with E-state index in [0.717, 1.165) is 17.9 Å². The molecule has 2 aliphatic carbocycles. The molecule has 8 nitrogen and oxygen atoms in total. The van der Waals surface area contributed by atoms with Gasteiger partial charge in [-0.2, -0.15) is 0 Å². The Morgan fingerprint density at radius 2 is 2.00 bits per heavy atom. The van der Waals surface area contributed by atoms with E-state index < -0.39 is 35.3 Å². The number of ether oxygens (including phenoxy) is 2. The van der Waals surface area contributed by atoms with Crippen LogP contribution in [-0.4, -0.2) is 51.9 Å². The molecule has 2 bridgehead atoms. The predicted octanol–water partition coefficient (Wildman–Crippen LogP) is 3.02. The smallest absolute Gasteiger partial charge is 0.430 e. The lowest BCUT2D eigenvalue weighted by atomic mass is 9.81. The van der Waals surface area contributed by atoms with E-state index in [1.165, 1.54) is 12.2 Å². The molecule has 2 atom stereocenters. The van der Waals surface area contributed by atoms with E-state index in [0.29, 0.717) is 12.8 Å². The first-order valence-electron chi connectivity index (χ1n) is 10.7. The molecule has 0 saturated carbocycles. The Kier molecular flexibility index (Phi) is 8.51. The molecule has 0 spiro atoms. The number of hydrogen-bond acceptors (Lipinski definition) is 6. The summed E-state index contributed by atoms with van der Waals surface area (Å²) >= 11 is 0. The molecule has 0 fully saturated rings. The number of carbonyl (C=O) groups is 3. The molecule has 2 amide bonds. The van der Waals surface area contributed by atoms with Gasteiger partial charge in [0.1, 0.15) is 5.60 Å². The molecule has 172 valence electrons. The summed E-state index contributed by atoms with van der Waals surface area (Å²) in [4.78, 5) is 38.0. The molecule has 0 aromatic carbocycles.